The summed E-state index contributed by atoms with van der Waals surface area (Å²) in [6.45, 7) is 5.31. The van der Waals surface area contributed by atoms with Crippen LogP contribution in [0.4, 0.5) is 11.4 Å². The van der Waals surface area contributed by atoms with Crippen LogP contribution in [0.15, 0.2) is 60.9 Å². The summed E-state index contributed by atoms with van der Waals surface area (Å²) < 4.78 is 6.84. The molecule has 1 aliphatic rings. The molecule has 4 rings (SSSR count). The Labute approximate surface area is 198 Å². The van der Waals surface area contributed by atoms with Crippen molar-refractivity contribution in [2.24, 2.45) is 0 Å². The van der Waals surface area contributed by atoms with Crippen LogP contribution in [-0.2, 0) is 20.7 Å². The molecule has 1 unspecified atom stereocenters. The molecule has 34 heavy (non-hydrogen) atoms. The molecule has 0 bridgehead atoms. The molecule has 1 fully saturated rings. The summed E-state index contributed by atoms with van der Waals surface area (Å²) in [6.07, 6.45) is 1.85. The third kappa shape index (κ3) is 5.96. The van der Waals surface area contributed by atoms with E-state index in [1.54, 1.807) is 0 Å². The van der Waals surface area contributed by atoms with Crippen molar-refractivity contribution in [2.45, 2.75) is 19.4 Å². The van der Waals surface area contributed by atoms with Crippen molar-refractivity contribution < 1.29 is 14.3 Å². The van der Waals surface area contributed by atoms with Gasteiger partial charge in [0.15, 0.2) is 0 Å². The number of amides is 2. The van der Waals surface area contributed by atoms with Gasteiger partial charge in [0.2, 0.25) is 11.8 Å². The van der Waals surface area contributed by atoms with E-state index in [9.17, 15) is 9.59 Å². The number of hydrogen-bond acceptors (Lipinski definition) is 7. The highest BCUT2D eigenvalue weighted by atomic mass is 16.5. The summed E-state index contributed by atoms with van der Waals surface area (Å²) in [7, 11) is 0. The number of ether oxygens (including phenoxy) is 1. The summed E-state index contributed by atoms with van der Waals surface area (Å²) >= 11 is 0. The molecule has 2 heterocycles. The van der Waals surface area contributed by atoms with Crippen LogP contribution >= 0.6 is 0 Å². The number of aromatic nitrogens is 4. The molecule has 2 amide bonds. The van der Waals surface area contributed by atoms with Gasteiger partial charge in [-0.15, -0.1) is 5.10 Å². The molecule has 0 aliphatic carbocycles. The number of anilines is 2. The second kappa shape index (κ2) is 11.4. The molecule has 1 atom stereocenters. The van der Waals surface area contributed by atoms with Gasteiger partial charge in [0.25, 0.3) is 0 Å². The summed E-state index contributed by atoms with van der Waals surface area (Å²) in [4.78, 5) is 29.9. The molecule has 0 spiro atoms. The molecule has 178 valence electrons. The summed E-state index contributed by atoms with van der Waals surface area (Å²) in [6, 6.07) is 16.8. The number of nitrogens with one attached hydrogen (secondary N) is 1. The Morgan fingerprint density at radius 3 is 2.47 bits per heavy atom. The minimum absolute atomic E-state index is 0.0615. The Bertz CT molecular complexity index is 1050. The van der Waals surface area contributed by atoms with E-state index < -0.39 is 6.04 Å². The molecular weight excluding hydrogens is 434 g/mol. The fourth-order valence-electron chi connectivity index (χ4n) is 3.95. The Morgan fingerprint density at radius 2 is 1.82 bits per heavy atom. The van der Waals surface area contributed by atoms with Gasteiger partial charge >= 0.3 is 0 Å². The maximum absolute atomic E-state index is 13.4. The van der Waals surface area contributed by atoms with Crippen molar-refractivity contribution in [1.82, 2.24) is 25.1 Å². The molecule has 0 radical (unpaired) electrons. The van der Waals surface area contributed by atoms with Crippen molar-refractivity contribution in [1.29, 1.82) is 0 Å². The molecule has 2 aromatic carbocycles. The van der Waals surface area contributed by atoms with E-state index in [0.29, 0.717) is 18.7 Å². The number of tetrazole rings is 1. The van der Waals surface area contributed by atoms with Crippen LogP contribution in [0.3, 0.4) is 0 Å². The number of carbonyl (C=O) groups is 2. The van der Waals surface area contributed by atoms with Gasteiger partial charge in [0.05, 0.1) is 19.8 Å². The van der Waals surface area contributed by atoms with Gasteiger partial charge in [0.1, 0.15) is 12.4 Å². The first-order valence-electron chi connectivity index (χ1n) is 11.4. The number of likely N-dealkylation sites (N-methyl/N-ethyl adjacent to an activating group) is 1. The first kappa shape index (κ1) is 23.4. The molecule has 10 heteroatoms. The number of rotatable bonds is 9. The molecular formula is C24H29N7O3. The maximum Gasteiger partial charge on any atom is 0.248 e. The number of carbonyl (C=O) groups excluding carboxylic acids is 2. The molecule has 10 nitrogen and oxygen atoms in total. The smallest absolute Gasteiger partial charge is 0.248 e. The fourth-order valence-corrected chi connectivity index (χ4v) is 3.95. The van der Waals surface area contributed by atoms with Crippen molar-refractivity contribution in [3.63, 3.8) is 0 Å². The van der Waals surface area contributed by atoms with Crippen LogP contribution in [0.2, 0.25) is 0 Å². The van der Waals surface area contributed by atoms with Crippen molar-refractivity contribution in [3.05, 3.63) is 66.5 Å². The molecule has 1 saturated heterocycles. The average Bonchev–Trinajstić information content (AvgIpc) is 3.42. The van der Waals surface area contributed by atoms with Gasteiger partial charge in [0, 0.05) is 37.4 Å². The number of benzene rings is 2. The van der Waals surface area contributed by atoms with Gasteiger partial charge in [-0.05, 0) is 47.2 Å². The first-order chi connectivity index (χ1) is 16.6. The first-order valence-corrected chi connectivity index (χ1v) is 11.4. The predicted octanol–water partition coefficient (Wildman–Crippen LogP) is 1.78. The third-order valence-electron chi connectivity index (χ3n) is 5.80. The minimum Gasteiger partial charge on any atom is -0.378 e. The maximum atomic E-state index is 13.4. The highest BCUT2D eigenvalue weighted by Crippen LogP contribution is 2.20. The van der Waals surface area contributed by atoms with Crippen LogP contribution in [-0.4, -0.2) is 76.3 Å². The van der Waals surface area contributed by atoms with Gasteiger partial charge in [-0.3, -0.25) is 9.59 Å². The van der Waals surface area contributed by atoms with Crippen LogP contribution in [0.5, 0.6) is 0 Å². The zero-order valence-electron chi connectivity index (χ0n) is 19.2. The van der Waals surface area contributed by atoms with E-state index in [0.717, 1.165) is 37.6 Å². The zero-order valence-corrected chi connectivity index (χ0v) is 19.2. The lowest BCUT2D eigenvalue weighted by molar-refractivity contribution is -0.137. The van der Waals surface area contributed by atoms with E-state index >= 15 is 0 Å². The van der Waals surface area contributed by atoms with Crippen molar-refractivity contribution in [3.8, 4) is 0 Å². The van der Waals surface area contributed by atoms with Crippen LogP contribution in [0, 0.1) is 0 Å². The third-order valence-corrected chi connectivity index (χ3v) is 5.80. The SMILES string of the molecule is CCN(CC(=O)Nc1ccc(N2CCOCC2)cc1)C(=O)C(Cc1ccccc1)n1cnnn1. The molecule has 0 saturated carbocycles. The van der Waals surface area contributed by atoms with Crippen LogP contribution in [0.25, 0.3) is 0 Å². The van der Waals surface area contributed by atoms with E-state index in [-0.39, 0.29) is 18.4 Å². The Hall–Kier alpha value is -3.79. The minimum atomic E-state index is -0.641. The van der Waals surface area contributed by atoms with E-state index in [2.05, 4.69) is 25.7 Å². The van der Waals surface area contributed by atoms with E-state index in [1.165, 1.54) is 15.9 Å². The van der Waals surface area contributed by atoms with Gasteiger partial charge in [-0.1, -0.05) is 30.3 Å². The van der Waals surface area contributed by atoms with Crippen molar-refractivity contribution in [2.75, 3.05) is 49.6 Å². The Morgan fingerprint density at radius 1 is 1.09 bits per heavy atom. The summed E-state index contributed by atoms with van der Waals surface area (Å²) in [5.41, 5.74) is 2.76. The molecule has 1 N–H and O–H groups in total. The largest absolute Gasteiger partial charge is 0.378 e. The second-order valence-corrected chi connectivity index (χ2v) is 8.04. The van der Waals surface area contributed by atoms with E-state index in [4.69, 9.17) is 4.74 Å². The van der Waals surface area contributed by atoms with Gasteiger partial charge in [-0.2, -0.15) is 0 Å². The highest BCUT2D eigenvalue weighted by Gasteiger charge is 2.28. The van der Waals surface area contributed by atoms with Crippen molar-refractivity contribution >= 4 is 23.2 Å². The monoisotopic (exact) mass is 463 g/mol. The average molecular weight is 464 g/mol. The summed E-state index contributed by atoms with van der Waals surface area (Å²) in [5.74, 6) is -0.471. The lowest BCUT2D eigenvalue weighted by Gasteiger charge is -2.29. The van der Waals surface area contributed by atoms with Gasteiger partial charge < -0.3 is 19.9 Å². The lowest BCUT2D eigenvalue weighted by atomic mass is 10.0. The fraction of sp³-hybridized carbons (Fsp3) is 0.375. The summed E-state index contributed by atoms with van der Waals surface area (Å²) in [5, 5.41) is 14.2. The zero-order chi connectivity index (χ0) is 23.8. The van der Waals surface area contributed by atoms with E-state index in [1.807, 2.05) is 61.5 Å². The predicted molar refractivity (Wildman–Crippen MR) is 127 cm³/mol. The quantitative estimate of drug-likeness (QED) is 0.516. The lowest BCUT2D eigenvalue weighted by Crippen LogP contribution is -2.42. The second-order valence-electron chi connectivity index (χ2n) is 8.04. The topological polar surface area (TPSA) is 105 Å². The molecule has 3 aromatic rings. The molecule has 1 aliphatic heterocycles. The number of hydrogen-bond donors (Lipinski definition) is 1. The number of morpholine rings is 1. The van der Waals surface area contributed by atoms with Crippen LogP contribution < -0.4 is 10.2 Å². The highest BCUT2D eigenvalue weighted by molar-refractivity contribution is 5.95. The Balaban J connectivity index is 1.39. The molecule has 1 aromatic heterocycles. The normalized spacial score (nSPS) is 14.4. The Kier molecular flexibility index (Phi) is 7.82. The number of nitrogens with zero attached hydrogens (tertiary/aromatic N) is 6. The van der Waals surface area contributed by atoms with Gasteiger partial charge in [-0.25, -0.2) is 4.68 Å². The standard InChI is InChI=1S/C24H29N7O3/c1-2-29(24(33)22(31-18-25-27-28-31)16-19-6-4-3-5-7-19)17-23(32)26-20-8-10-21(11-9-20)30-12-14-34-15-13-30/h3-11,18,22H,2,12-17H2,1H3,(H,26,32). The van der Waals surface area contributed by atoms with Crippen LogP contribution in [0.1, 0.15) is 18.5 Å².